The molecule has 0 atom stereocenters. The van der Waals surface area contributed by atoms with Crippen molar-refractivity contribution in [1.82, 2.24) is 0 Å². The molecule has 0 aromatic heterocycles. The third kappa shape index (κ3) is 2.02. The first-order valence-electron chi connectivity index (χ1n) is 8.74. The normalized spacial score (nSPS) is 15.5. The fourth-order valence-corrected chi connectivity index (χ4v) is 3.97. The molecule has 1 spiro atoms. The summed E-state index contributed by atoms with van der Waals surface area (Å²) in [6, 6.07) is 15.2. The second kappa shape index (κ2) is 5.27. The van der Waals surface area contributed by atoms with Crippen molar-refractivity contribution in [3.63, 3.8) is 0 Å². The molecular formula is C22H16O5. The molecule has 27 heavy (non-hydrogen) atoms. The fraction of sp³-hybridized carbons (Fsp3) is 0.136. The molecular weight excluding hydrogens is 344 g/mol. The standard InChI is InChI=1S/C22H16O5/c1-2-12-3-6-16-15(9-12)21(25)27-22(16)17-7-4-13(23)10-19(17)26-20-11-14(24)5-8-18(20)22/h3-11,23-24H,2H2,1H3. The van der Waals surface area contributed by atoms with E-state index in [0.717, 1.165) is 17.5 Å². The summed E-state index contributed by atoms with van der Waals surface area (Å²) < 4.78 is 11.9. The van der Waals surface area contributed by atoms with E-state index in [1.165, 1.54) is 12.1 Å². The highest BCUT2D eigenvalue weighted by Crippen LogP contribution is 2.56. The van der Waals surface area contributed by atoms with Crippen molar-refractivity contribution in [1.29, 1.82) is 0 Å². The molecule has 5 heteroatoms. The number of carbonyl (C=O) groups is 1. The Balaban J connectivity index is 1.87. The number of aryl methyl sites for hydroxylation is 1. The van der Waals surface area contributed by atoms with Gasteiger partial charge in [-0.25, -0.2) is 4.79 Å². The smallest absolute Gasteiger partial charge is 0.340 e. The van der Waals surface area contributed by atoms with Crippen molar-refractivity contribution in [2.75, 3.05) is 0 Å². The van der Waals surface area contributed by atoms with Gasteiger partial charge in [0.2, 0.25) is 0 Å². The molecule has 3 aromatic rings. The molecule has 0 radical (unpaired) electrons. The first-order chi connectivity index (χ1) is 13.0. The van der Waals surface area contributed by atoms with Gasteiger partial charge in [0.15, 0.2) is 5.60 Å². The number of fused-ring (bicyclic) bond motifs is 6. The van der Waals surface area contributed by atoms with Gasteiger partial charge in [-0.2, -0.15) is 0 Å². The third-order valence-corrected chi connectivity index (χ3v) is 5.25. The van der Waals surface area contributed by atoms with Gasteiger partial charge in [-0.05, 0) is 42.3 Å². The quantitative estimate of drug-likeness (QED) is 0.635. The van der Waals surface area contributed by atoms with Gasteiger partial charge < -0.3 is 19.7 Å². The van der Waals surface area contributed by atoms with Crippen LogP contribution >= 0.6 is 0 Å². The van der Waals surface area contributed by atoms with Crippen LogP contribution < -0.4 is 4.74 Å². The van der Waals surface area contributed by atoms with E-state index in [-0.39, 0.29) is 11.5 Å². The third-order valence-electron chi connectivity index (χ3n) is 5.25. The number of phenols is 2. The maximum atomic E-state index is 12.8. The van der Waals surface area contributed by atoms with E-state index >= 15 is 0 Å². The molecule has 0 unspecified atom stereocenters. The van der Waals surface area contributed by atoms with E-state index < -0.39 is 11.6 Å². The van der Waals surface area contributed by atoms with Crippen LogP contribution in [0.5, 0.6) is 23.0 Å². The average molecular weight is 360 g/mol. The Bertz CT molecular complexity index is 1060. The predicted molar refractivity (Wildman–Crippen MR) is 97.4 cm³/mol. The van der Waals surface area contributed by atoms with Crippen LogP contribution in [0.25, 0.3) is 0 Å². The van der Waals surface area contributed by atoms with Crippen LogP contribution in [0.15, 0.2) is 54.6 Å². The van der Waals surface area contributed by atoms with Crippen molar-refractivity contribution >= 4 is 5.97 Å². The summed E-state index contributed by atoms with van der Waals surface area (Å²) in [5.74, 6) is 0.443. The lowest BCUT2D eigenvalue weighted by molar-refractivity contribution is 0.0224. The molecule has 0 saturated carbocycles. The maximum Gasteiger partial charge on any atom is 0.340 e. The minimum atomic E-state index is -1.18. The minimum absolute atomic E-state index is 0.0402. The number of esters is 1. The monoisotopic (exact) mass is 360 g/mol. The highest BCUT2D eigenvalue weighted by atomic mass is 16.6. The molecule has 5 nitrogen and oxygen atoms in total. The predicted octanol–water partition coefficient (Wildman–Crippen LogP) is 4.23. The largest absolute Gasteiger partial charge is 0.508 e. The second-order valence-electron chi connectivity index (χ2n) is 6.77. The molecule has 0 aliphatic carbocycles. The Labute approximate surface area is 155 Å². The van der Waals surface area contributed by atoms with E-state index in [1.807, 2.05) is 25.1 Å². The number of benzene rings is 3. The van der Waals surface area contributed by atoms with E-state index in [2.05, 4.69) is 0 Å². The summed E-state index contributed by atoms with van der Waals surface area (Å²) in [7, 11) is 0. The van der Waals surface area contributed by atoms with Gasteiger partial charge in [-0.3, -0.25) is 0 Å². The van der Waals surface area contributed by atoms with Crippen molar-refractivity contribution in [2.45, 2.75) is 18.9 Å². The molecule has 0 bridgehead atoms. The summed E-state index contributed by atoms with van der Waals surface area (Å²) >= 11 is 0. The highest BCUT2D eigenvalue weighted by Gasteiger charge is 2.53. The number of carbonyl (C=O) groups excluding carboxylic acids is 1. The van der Waals surface area contributed by atoms with E-state index in [1.54, 1.807) is 24.3 Å². The summed E-state index contributed by atoms with van der Waals surface area (Å²) in [4.78, 5) is 12.8. The number of rotatable bonds is 1. The highest BCUT2D eigenvalue weighted by molar-refractivity contribution is 5.97. The summed E-state index contributed by atoms with van der Waals surface area (Å²) in [6.45, 7) is 2.03. The zero-order valence-corrected chi connectivity index (χ0v) is 14.5. The molecule has 0 saturated heterocycles. The molecule has 3 aromatic carbocycles. The van der Waals surface area contributed by atoms with Gasteiger partial charge in [0, 0.05) is 28.8 Å². The zero-order chi connectivity index (χ0) is 18.8. The van der Waals surface area contributed by atoms with Crippen LogP contribution in [0.2, 0.25) is 0 Å². The van der Waals surface area contributed by atoms with Gasteiger partial charge in [-0.15, -0.1) is 0 Å². The lowest BCUT2D eigenvalue weighted by Crippen LogP contribution is -2.32. The molecule has 5 rings (SSSR count). The summed E-state index contributed by atoms with van der Waals surface area (Å²) in [6.07, 6.45) is 0.811. The first kappa shape index (κ1) is 15.8. The van der Waals surface area contributed by atoms with Gasteiger partial charge in [0.05, 0.1) is 5.56 Å². The Hall–Kier alpha value is -3.47. The van der Waals surface area contributed by atoms with Crippen molar-refractivity contribution in [2.24, 2.45) is 0 Å². The van der Waals surface area contributed by atoms with Crippen molar-refractivity contribution in [3.05, 3.63) is 82.4 Å². The molecule has 134 valence electrons. The van der Waals surface area contributed by atoms with Gasteiger partial charge in [0.25, 0.3) is 0 Å². The van der Waals surface area contributed by atoms with E-state index in [9.17, 15) is 15.0 Å². The number of phenolic OH excluding ortho intramolecular Hbond substituents is 2. The Morgan fingerprint density at radius 3 is 2.04 bits per heavy atom. The van der Waals surface area contributed by atoms with Crippen LogP contribution in [-0.2, 0) is 16.8 Å². The van der Waals surface area contributed by atoms with Crippen LogP contribution in [0.3, 0.4) is 0 Å². The minimum Gasteiger partial charge on any atom is -0.508 e. The fourth-order valence-electron chi connectivity index (χ4n) is 3.97. The number of hydrogen-bond donors (Lipinski definition) is 2. The molecule has 0 amide bonds. The van der Waals surface area contributed by atoms with E-state index in [4.69, 9.17) is 9.47 Å². The molecule has 2 heterocycles. The number of aromatic hydroxyl groups is 2. The van der Waals surface area contributed by atoms with Crippen LogP contribution in [0, 0.1) is 0 Å². The Kier molecular flexibility index (Phi) is 3.07. The summed E-state index contributed by atoms with van der Waals surface area (Å²) in [5, 5.41) is 19.8. The maximum absolute atomic E-state index is 12.8. The van der Waals surface area contributed by atoms with Crippen molar-refractivity contribution in [3.8, 4) is 23.0 Å². The number of hydrogen-bond acceptors (Lipinski definition) is 5. The van der Waals surface area contributed by atoms with E-state index in [0.29, 0.717) is 28.2 Å². The zero-order valence-electron chi connectivity index (χ0n) is 14.5. The average Bonchev–Trinajstić information content (AvgIpc) is 2.94. The van der Waals surface area contributed by atoms with Gasteiger partial charge in [-0.1, -0.05) is 19.1 Å². The first-order valence-corrected chi connectivity index (χ1v) is 8.74. The second-order valence-corrected chi connectivity index (χ2v) is 6.77. The van der Waals surface area contributed by atoms with Gasteiger partial charge >= 0.3 is 5.97 Å². The molecule has 2 N–H and O–H groups in total. The van der Waals surface area contributed by atoms with Gasteiger partial charge in [0.1, 0.15) is 23.0 Å². The Morgan fingerprint density at radius 1 is 0.852 bits per heavy atom. The van der Waals surface area contributed by atoms with Crippen molar-refractivity contribution < 1.29 is 24.5 Å². The number of ether oxygens (including phenoxy) is 2. The van der Waals surface area contributed by atoms with Crippen LogP contribution in [-0.4, -0.2) is 16.2 Å². The lowest BCUT2D eigenvalue weighted by Gasteiger charge is -2.36. The van der Waals surface area contributed by atoms with Crippen LogP contribution in [0.1, 0.15) is 39.5 Å². The molecule has 2 aliphatic heterocycles. The molecule has 2 aliphatic rings. The topological polar surface area (TPSA) is 76.0 Å². The SMILES string of the molecule is CCc1ccc2c(c1)C(=O)OC21c2ccc(O)cc2Oc2cc(O)ccc21. The molecule has 0 fully saturated rings. The van der Waals surface area contributed by atoms with Crippen LogP contribution in [0.4, 0.5) is 0 Å². The lowest BCUT2D eigenvalue weighted by atomic mass is 9.77. The summed E-state index contributed by atoms with van der Waals surface area (Å²) in [5.41, 5.74) is 2.39. The Morgan fingerprint density at radius 2 is 1.44 bits per heavy atom.